The lowest BCUT2D eigenvalue weighted by molar-refractivity contribution is 1.64. The fraction of sp³-hybridized carbons (Fsp3) is 0. The molecular weight excluding hydrogens is 244 g/mol. The molecule has 0 radical (unpaired) electrons. The summed E-state index contributed by atoms with van der Waals surface area (Å²) in [4.78, 5) is 0. The fourth-order valence-corrected chi connectivity index (χ4v) is 1.68. The average molecular weight is 262 g/mol. The molecule has 0 atom stereocenters. The van der Waals surface area contributed by atoms with Gasteiger partial charge in [-0.25, -0.2) is 0 Å². The molecule has 0 unspecified atom stereocenters. The number of hydrogen-bond acceptors (Lipinski definition) is 2. The van der Waals surface area contributed by atoms with Crippen molar-refractivity contribution in [3.63, 3.8) is 0 Å². The lowest BCUT2D eigenvalue weighted by atomic mass is 10.2. The molecule has 0 amide bonds. The summed E-state index contributed by atoms with van der Waals surface area (Å²) in [6.45, 7) is 0. The van der Waals surface area contributed by atoms with Gasteiger partial charge >= 0.3 is 0 Å². The van der Waals surface area contributed by atoms with Crippen LogP contribution in [-0.4, -0.2) is 0 Å². The van der Waals surface area contributed by atoms with Crippen molar-refractivity contribution in [3.8, 4) is 0 Å². The smallest absolute Gasteiger partial charge is 0.0314 e. The maximum atomic E-state index is 5.63. The fourth-order valence-electron chi connectivity index (χ4n) is 1.68. The van der Waals surface area contributed by atoms with E-state index in [1.165, 1.54) is 0 Å². The molecule has 0 aliphatic rings. The van der Waals surface area contributed by atoms with Crippen molar-refractivity contribution >= 4 is 23.5 Å². The van der Waals surface area contributed by atoms with Gasteiger partial charge < -0.3 is 11.5 Å². The van der Waals surface area contributed by atoms with Crippen LogP contribution in [-0.2, 0) is 0 Å². The Morgan fingerprint density at radius 3 is 1.20 bits per heavy atom. The van der Waals surface area contributed by atoms with Crippen molar-refractivity contribution in [1.29, 1.82) is 0 Å². The van der Waals surface area contributed by atoms with E-state index < -0.39 is 0 Å². The molecule has 100 valence electrons. The predicted molar refractivity (Wildman–Crippen MR) is 88.9 cm³/mol. The number of nitrogen functional groups attached to an aromatic ring is 2. The van der Waals surface area contributed by atoms with E-state index in [1.807, 2.05) is 85.0 Å². The van der Waals surface area contributed by atoms with Crippen LogP contribution in [0.25, 0.3) is 12.2 Å². The molecule has 0 saturated carbocycles. The van der Waals surface area contributed by atoms with E-state index in [0.717, 1.165) is 22.5 Å². The highest BCUT2D eigenvalue weighted by Crippen LogP contribution is 2.08. The Kier molecular flexibility index (Phi) is 4.79. The summed E-state index contributed by atoms with van der Waals surface area (Å²) in [5.41, 5.74) is 15.1. The summed E-state index contributed by atoms with van der Waals surface area (Å²) in [5, 5.41) is 0. The Morgan fingerprint density at radius 2 is 0.850 bits per heavy atom. The Balaban J connectivity index is 1.87. The summed E-state index contributed by atoms with van der Waals surface area (Å²) in [7, 11) is 0. The second kappa shape index (κ2) is 7.00. The van der Waals surface area contributed by atoms with Gasteiger partial charge in [0.15, 0.2) is 0 Å². The van der Waals surface area contributed by atoms with Gasteiger partial charge in [-0.2, -0.15) is 0 Å². The first-order valence-corrected chi connectivity index (χ1v) is 6.46. The number of benzene rings is 2. The number of nitrogens with two attached hydrogens (primary N) is 2. The van der Waals surface area contributed by atoms with Crippen LogP contribution in [0.4, 0.5) is 11.4 Å². The first-order chi connectivity index (χ1) is 9.74. The van der Waals surface area contributed by atoms with E-state index in [9.17, 15) is 0 Å². The zero-order valence-corrected chi connectivity index (χ0v) is 11.2. The van der Waals surface area contributed by atoms with Crippen LogP contribution in [0.15, 0.2) is 72.8 Å². The molecule has 0 bridgehead atoms. The van der Waals surface area contributed by atoms with Crippen LogP contribution in [0.1, 0.15) is 11.1 Å². The van der Waals surface area contributed by atoms with E-state index in [-0.39, 0.29) is 0 Å². The summed E-state index contributed by atoms with van der Waals surface area (Å²) < 4.78 is 0. The molecule has 0 saturated heterocycles. The SMILES string of the molecule is Nc1ccc(C=CC=CC=Cc2ccc(N)cc2)cc1. The first kappa shape index (κ1) is 13.7. The van der Waals surface area contributed by atoms with Gasteiger partial charge in [0.2, 0.25) is 0 Å². The van der Waals surface area contributed by atoms with Gasteiger partial charge in [-0.15, -0.1) is 0 Å². The average Bonchev–Trinajstić information content (AvgIpc) is 2.46. The third-order valence-corrected chi connectivity index (χ3v) is 2.78. The topological polar surface area (TPSA) is 52.0 Å². The van der Waals surface area contributed by atoms with Gasteiger partial charge in [-0.1, -0.05) is 60.7 Å². The van der Waals surface area contributed by atoms with Gasteiger partial charge in [0.1, 0.15) is 0 Å². The number of hydrogen-bond donors (Lipinski definition) is 2. The van der Waals surface area contributed by atoms with Crippen LogP contribution in [0, 0.1) is 0 Å². The molecule has 0 heterocycles. The number of anilines is 2. The normalized spacial score (nSPS) is 11.8. The van der Waals surface area contributed by atoms with Crippen molar-refractivity contribution in [2.24, 2.45) is 0 Å². The summed E-state index contributed by atoms with van der Waals surface area (Å²) in [5.74, 6) is 0. The zero-order chi connectivity index (χ0) is 14.2. The highest BCUT2D eigenvalue weighted by atomic mass is 14.5. The summed E-state index contributed by atoms with van der Waals surface area (Å²) in [6.07, 6.45) is 12.0. The molecule has 2 aromatic rings. The van der Waals surface area contributed by atoms with E-state index in [0.29, 0.717) is 0 Å². The Bertz CT molecular complexity index is 560. The standard InChI is InChI=1S/C18H18N2/c19-17-11-7-15(8-12-17)5-3-1-2-4-6-16-9-13-18(20)14-10-16/h1-14H,19-20H2. The van der Waals surface area contributed by atoms with Gasteiger partial charge in [0, 0.05) is 11.4 Å². The van der Waals surface area contributed by atoms with E-state index in [1.54, 1.807) is 0 Å². The summed E-state index contributed by atoms with van der Waals surface area (Å²) >= 11 is 0. The molecule has 0 aromatic heterocycles. The highest BCUT2D eigenvalue weighted by Gasteiger charge is 1.85. The molecule has 20 heavy (non-hydrogen) atoms. The number of allylic oxidation sites excluding steroid dienone is 4. The molecule has 4 N–H and O–H groups in total. The van der Waals surface area contributed by atoms with Crippen molar-refractivity contribution in [3.05, 3.63) is 84.0 Å². The minimum absolute atomic E-state index is 0.782. The molecule has 0 fully saturated rings. The van der Waals surface area contributed by atoms with E-state index in [4.69, 9.17) is 11.5 Å². The second-order valence-corrected chi connectivity index (χ2v) is 4.44. The first-order valence-electron chi connectivity index (χ1n) is 6.46. The molecule has 2 aromatic carbocycles. The number of rotatable bonds is 4. The maximum absolute atomic E-state index is 5.63. The lowest BCUT2D eigenvalue weighted by Crippen LogP contribution is -1.82. The second-order valence-electron chi connectivity index (χ2n) is 4.44. The Morgan fingerprint density at radius 1 is 0.500 bits per heavy atom. The van der Waals surface area contributed by atoms with E-state index >= 15 is 0 Å². The van der Waals surface area contributed by atoms with Gasteiger partial charge in [-0.05, 0) is 35.4 Å². The van der Waals surface area contributed by atoms with Crippen molar-refractivity contribution in [1.82, 2.24) is 0 Å². The van der Waals surface area contributed by atoms with Crippen molar-refractivity contribution < 1.29 is 0 Å². The quantitative estimate of drug-likeness (QED) is 0.643. The monoisotopic (exact) mass is 262 g/mol. The van der Waals surface area contributed by atoms with Gasteiger partial charge in [-0.3, -0.25) is 0 Å². The molecule has 2 rings (SSSR count). The van der Waals surface area contributed by atoms with Crippen LogP contribution in [0.3, 0.4) is 0 Å². The molecule has 0 spiro atoms. The molecule has 0 aliphatic heterocycles. The van der Waals surface area contributed by atoms with Crippen LogP contribution < -0.4 is 11.5 Å². The molecule has 0 aliphatic carbocycles. The molecule has 2 heteroatoms. The predicted octanol–water partition coefficient (Wildman–Crippen LogP) is 4.13. The van der Waals surface area contributed by atoms with Crippen LogP contribution in [0.5, 0.6) is 0 Å². The minimum atomic E-state index is 0.782. The third-order valence-electron chi connectivity index (χ3n) is 2.78. The molecular formula is C18H18N2. The maximum Gasteiger partial charge on any atom is 0.0314 e. The van der Waals surface area contributed by atoms with Crippen LogP contribution >= 0.6 is 0 Å². The Labute approximate surface area is 119 Å². The highest BCUT2D eigenvalue weighted by molar-refractivity contribution is 5.56. The van der Waals surface area contributed by atoms with E-state index in [2.05, 4.69) is 0 Å². The lowest BCUT2D eigenvalue weighted by Gasteiger charge is -1.93. The van der Waals surface area contributed by atoms with Gasteiger partial charge in [0.05, 0.1) is 0 Å². The van der Waals surface area contributed by atoms with Crippen molar-refractivity contribution in [2.75, 3.05) is 11.5 Å². The zero-order valence-electron chi connectivity index (χ0n) is 11.2. The van der Waals surface area contributed by atoms with Crippen molar-refractivity contribution in [2.45, 2.75) is 0 Å². The summed E-state index contributed by atoms with van der Waals surface area (Å²) in [6, 6.07) is 15.5. The Hall–Kier alpha value is -2.74. The van der Waals surface area contributed by atoms with Gasteiger partial charge in [0.25, 0.3) is 0 Å². The van der Waals surface area contributed by atoms with Crippen LogP contribution in [0.2, 0.25) is 0 Å². The minimum Gasteiger partial charge on any atom is -0.399 e. The largest absolute Gasteiger partial charge is 0.399 e. The molecule has 2 nitrogen and oxygen atoms in total. The third kappa shape index (κ3) is 4.50.